The molecule has 96 valence electrons. The lowest BCUT2D eigenvalue weighted by atomic mass is 10.00. The van der Waals surface area contributed by atoms with Crippen LogP contribution in [0.3, 0.4) is 0 Å². The minimum atomic E-state index is -0.815. The van der Waals surface area contributed by atoms with Crippen molar-refractivity contribution in [3.05, 3.63) is 50.8 Å². The number of hydrogen-bond acceptors (Lipinski definition) is 2. The molecule has 0 aliphatic rings. The van der Waals surface area contributed by atoms with Gasteiger partial charge in [0.2, 0.25) is 0 Å². The van der Waals surface area contributed by atoms with Crippen LogP contribution in [0.2, 0.25) is 10.0 Å². The number of benzene rings is 1. The second kappa shape index (κ2) is 4.92. The fraction of sp³-hybridized carbons (Fsp3) is 0.308. The minimum absolute atomic E-state index is 0.384. The van der Waals surface area contributed by atoms with E-state index in [1.807, 2.05) is 20.9 Å². The number of aliphatic hydroxyl groups excluding tert-OH is 1. The van der Waals surface area contributed by atoms with Gasteiger partial charge in [0.15, 0.2) is 0 Å². The molecule has 1 atom stereocenters. The molecule has 0 aliphatic carbocycles. The summed E-state index contributed by atoms with van der Waals surface area (Å²) in [6.07, 6.45) is -0.815. The fourth-order valence-corrected chi connectivity index (χ4v) is 2.48. The molecule has 3 nitrogen and oxygen atoms in total. The van der Waals surface area contributed by atoms with E-state index in [1.165, 1.54) is 0 Å². The Morgan fingerprint density at radius 1 is 1.28 bits per heavy atom. The number of hydrogen-bond donors (Lipinski definition) is 1. The van der Waals surface area contributed by atoms with Crippen molar-refractivity contribution in [3.63, 3.8) is 0 Å². The number of rotatable bonds is 2. The molecule has 1 unspecified atom stereocenters. The summed E-state index contributed by atoms with van der Waals surface area (Å²) in [7, 11) is 1.85. The predicted octanol–water partition coefficient (Wildman–Crippen LogP) is 3.43. The van der Waals surface area contributed by atoms with Crippen LogP contribution in [-0.4, -0.2) is 14.9 Å². The summed E-state index contributed by atoms with van der Waals surface area (Å²) >= 11 is 12.1. The molecule has 1 aromatic carbocycles. The van der Waals surface area contributed by atoms with Crippen LogP contribution in [0.1, 0.15) is 28.6 Å². The molecule has 0 saturated heterocycles. The zero-order valence-corrected chi connectivity index (χ0v) is 11.9. The van der Waals surface area contributed by atoms with Gasteiger partial charge in [0.25, 0.3) is 0 Å². The minimum Gasteiger partial charge on any atom is -0.383 e. The molecule has 2 aromatic rings. The standard InChI is InChI=1S/C13H14Cl2N2O/c1-7-11(8(2)17(3)16-7)13(18)9-5-4-6-10(14)12(9)15/h4-6,13,18H,1-3H3. The van der Waals surface area contributed by atoms with Crippen LogP contribution in [0.5, 0.6) is 0 Å². The van der Waals surface area contributed by atoms with Crippen LogP contribution in [0, 0.1) is 13.8 Å². The summed E-state index contributed by atoms with van der Waals surface area (Å²) in [6.45, 7) is 3.78. The van der Waals surface area contributed by atoms with Crippen molar-refractivity contribution >= 4 is 23.2 Å². The summed E-state index contributed by atoms with van der Waals surface area (Å²) < 4.78 is 1.74. The van der Waals surface area contributed by atoms with Gasteiger partial charge in [-0.2, -0.15) is 5.10 Å². The Hall–Kier alpha value is -1.03. The van der Waals surface area contributed by atoms with E-state index in [-0.39, 0.29) is 0 Å². The molecule has 0 spiro atoms. The average Bonchev–Trinajstić information content (AvgIpc) is 2.56. The van der Waals surface area contributed by atoms with Gasteiger partial charge in [0, 0.05) is 23.9 Å². The zero-order chi connectivity index (χ0) is 13.4. The molecule has 1 aromatic heterocycles. The van der Waals surface area contributed by atoms with E-state index in [9.17, 15) is 5.11 Å². The van der Waals surface area contributed by atoms with E-state index in [4.69, 9.17) is 23.2 Å². The summed E-state index contributed by atoms with van der Waals surface area (Å²) in [5, 5.41) is 15.6. The number of aliphatic hydroxyl groups is 1. The lowest BCUT2D eigenvalue weighted by molar-refractivity contribution is 0.219. The van der Waals surface area contributed by atoms with Gasteiger partial charge in [-0.25, -0.2) is 0 Å². The Labute approximate surface area is 116 Å². The van der Waals surface area contributed by atoms with Crippen molar-refractivity contribution in [2.45, 2.75) is 20.0 Å². The molecule has 0 aliphatic heterocycles. The fourth-order valence-electron chi connectivity index (χ4n) is 2.07. The molecular formula is C13H14Cl2N2O. The Morgan fingerprint density at radius 3 is 2.50 bits per heavy atom. The molecular weight excluding hydrogens is 271 g/mol. The third kappa shape index (κ3) is 2.14. The molecule has 2 rings (SSSR count). The maximum Gasteiger partial charge on any atom is 0.109 e. The Bertz CT molecular complexity index is 593. The van der Waals surface area contributed by atoms with Crippen LogP contribution in [0.15, 0.2) is 18.2 Å². The number of nitrogens with zero attached hydrogens (tertiary/aromatic N) is 2. The first kappa shape index (κ1) is 13.4. The SMILES string of the molecule is Cc1nn(C)c(C)c1C(O)c1cccc(Cl)c1Cl. The lowest BCUT2D eigenvalue weighted by Crippen LogP contribution is -2.04. The van der Waals surface area contributed by atoms with Crippen molar-refractivity contribution in [1.29, 1.82) is 0 Å². The normalized spacial score (nSPS) is 12.8. The highest BCUT2D eigenvalue weighted by Crippen LogP contribution is 2.35. The van der Waals surface area contributed by atoms with Gasteiger partial charge in [-0.1, -0.05) is 35.3 Å². The highest BCUT2D eigenvalue weighted by Gasteiger charge is 2.22. The summed E-state index contributed by atoms with van der Waals surface area (Å²) in [4.78, 5) is 0. The maximum absolute atomic E-state index is 10.5. The van der Waals surface area contributed by atoms with Crippen molar-refractivity contribution in [2.75, 3.05) is 0 Å². The van der Waals surface area contributed by atoms with Gasteiger partial charge < -0.3 is 5.11 Å². The zero-order valence-electron chi connectivity index (χ0n) is 10.4. The Morgan fingerprint density at radius 2 is 1.94 bits per heavy atom. The quantitative estimate of drug-likeness (QED) is 0.918. The molecule has 0 fully saturated rings. The lowest BCUT2D eigenvalue weighted by Gasteiger charge is -2.14. The van der Waals surface area contributed by atoms with Gasteiger partial charge in [0.05, 0.1) is 15.7 Å². The van der Waals surface area contributed by atoms with Gasteiger partial charge in [-0.3, -0.25) is 4.68 Å². The Balaban J connectivity index is 2.54. The van der Waals surface area contributed by atoms with E-state index in [0.717, 1.165) is 17.0 Å². The first-order valence-corrected chi connectivity index (χ1v) is 6.31. The monoisotopic (exact) mass is 284 g/mol. The van der Waals surface area contributed by atoms with Gasteiger partial charge in [0.1, 0.15) is 6.10 Å². The second-order valence-corrected chi connectivity index (χ2v) is 5.04. The van der Waals surface area contributed by atoms with Crippen molar-refractivity contribution in [2.24, 2.45) is 7.05 Å². The van der Waals surface area contributed by atoms with Crippen LogP contribution < -0.4 is 0 Å². The topological polar surface area (TPSA) is 38.0 Å². The van der Waals surface area contributed by atoms with Gasteiger partial charge >= 0.3 is 0 Å². The molecule has 18 heavy (non-hydrogen) atoms. The predicted molar refractivity (Wildman–Crippen MR) is 73.2 cm³/mol. The van der Waals surface area contributed by atoms with Crippen molar-refractivity contribution in [1.82, 2.24) is 9.78 Å². The van der Waals surface area contributed by atoms with E-state index in [1.54, 1.807) is 22.9 Å². The highest BCUT2D eigenvalue weighted by atomic mass is 35.5. The molecule has 5 heteroatoms. The average molecular weight is 285 g/mol. The summed E-state index contributed by atoms with van der Waals surface area (Å²) in [5.74, 6) is 0. The molecule has 0 bridgehead atoms. The smallest absolute Gasteiger partial charge is 0.109 e. The first-order valence-electron chi connectivity index (χ1n) is 5.55. The molecule has 0 radical (unpaired) electrons. The first-order chi connectivity index (χ1) is 8.43. The largest absolute Gasteiger partial charge is 0.383 e. The van der Waals surface area contributed by atoms with E-state index >= 15 is 0 Å². The highest BCUT2D eigenvalue weighted by molar-refractivity contribution is 6.42. The Kier molecular flexibility index (Phi) is 3.66. The van der Waals surface area contributed by atoms with Crippen molar-refractivity contribution in [3.8, 4) is 0 Å². The summed E-state index contributed by atoms with van der Waals surface area (Å²) in [5.41, 5.74) is 3.08. The van der Waals surface area contributed by atoms with Gasteiger partial charge in [-0.15, -0.1) is 0 Å². The second-order valence-electron chi connectivity index (χ2n) is 4.25. The van der Waals surface area contributed by atoms with Crippen LogP contribution >= 0.6 is 23.2 Å². The number of halogens is 2. The summed E-state index contributed by atoms with van der Waals surface area (Å²) in [6, 6.07) is 5.24. The van der Waals surface area contributed by atoms with Crippen LogP contribution in [0.25, 0.3) is 0 Å². The molecule has 1 N–H and O–H groups in total. The van der Waals surface area contributed by atoms with Crippen molar-refractivity contribution < 1.29 is 5.11 Å². The number of aromatic nitrogens is 2. The molecule has 0 amide bonds. The van der Waals surface area contributed by atoms with E-state index < -0.39 is 6.10 Å². The third-order valence-electron chi connectivity index (χ3n) is 3.11. The molecule has 0 saturated carbocycles. The molecule has 1 heterocycles. The van der Waals surface area contributed by atoms with Crippen LogP contribution in [-0.2, 0) is 7.05 Å². The van der Waals surface area contributed by atoms with E-state index in [0.29, 0.717) is 15.6 Å². The third-order valence-corrected chi connectivity index (χ3v) is 3.95. The maximum atomic E-state index is 10.5. The number of aryl methyl sites for hydroxylation is 2. The van der Waals surface area contributed by atoms with Gasteiger partial charge in [-0.05, 0) is 19.9 Å². The van der Waals surface area contributed by atoms with E-state index in [2.05, 4.69) is 5.10 Å². The van der Waals surface area contributed by atoms with Crippen LogP contribution in [0.4, 0.5) is 0 Å².